The summed E-state index contributed by atoms with van der Waals surface area (Å²) in [7, 11) is 1.50. The third-order valence-corrected chi connectivity index (χ3v) is 3.66. The number of hydrogen-bond donors (Lipinski definition) is 0. The number of ether oxygens (including phenoxy) is 1. The second-order valence-corrected chi connectivity index (χ2v) is 4.81. The van der Waals surface area contributed by atoms with Crippen LogP contribution in [0.5, 0.6) is 5.95 Å². The molecule has 3 nitrogen and oxygen atoms in total. The van der Waals surface area contributed by atoms with Gasteiger partial charge < -0.3 is 9.15 Å². The van der Waals surface area contributed by atoms with Gasteiger partial charge in [-0.3, -0.25) is 4.79 Å². The van der Waals surface area contributed by atoms with Gasteiger partial charge in [-0.15, -0.1) is 0 Å². The van der Waals surface area contributed by atoms with E-state index < -0.39 is 0 Å². The zero-order valence-electron chi connectivity index (χ0n) is 11.3. The summed E-state index contributed by atoms with van der Waals surface area (Å²) >= 11 is 2.18. The van der Waals surface area contributed by atoms with E-state index in [0.717, 1.165) is 11.1 Å². The highest BCUT2D eigenvalue weighted by atomic mass is 127. The zero-order chi connectivity index (χ0) is 13.9. The number of methoxy groups -OCH3 is 1. The first kappa shape index (κ1) is 15.0. The SMILES string of the molecule is COc1oc(/C(C)=C/C(C)=C/I)c(C)c(=O)c1C. The van der Waals surface area contributed by atoms with Gasteiger partial charge in [-0.05, 0) is 42.9 Å². The third kappa shape index (κ3) is 3.04. The normalized spacial score (nSPS) is 12.8. The monoisotopic (exact) mass is 360 g/mol. The molecular weight excluding hydrogens is 343 g/mol. The Kier molecular flexibility index (Phi) is 5.19. The van der Waals surface area contributed by atoms with Crippen LogP contribution in [-0.4, -0.2) is 7.11 Å². The molecule has 0 amide bonds. The third-order valence-electron chi connectivity index (χ3n) is 2.68. The van der Waals surface area contributed by atoms with E-state index in [0.29, 0.717) is 16.9 Å². The maximum Gasteiger partial charge on any atom is 0.291 e. The van der Waals surface area contributed by atoms with Crippen LogP contribution in [0, 0.1) is 13.8 Å². The first-order valence-electron chi connectivity index (χ1n) is 5.56. The lowest BCUT2D eigenvalue weighted by molar-refractivity contribution is 0.288. The second kappa shape index (κ2) is 6.22. The zero-order valence-corrected chi connectivity index (χ0v) is 13.4. The van der Waals surface area contributed by atoms with Crippen LogP contribution in [0.3, 0.4) is 0 Å². The molecular formula is C14H17IO3. The minimum atomic E-state index is -0.0306. The van der Waals surface area contributed by atoms with Gasteiger partial charge in [0.15, 0.2) is 5.43 Å². The lowest BCUT2D eigenvalue weighted by Crippen LogP contribution is -2.12. The first-order valence-corrected chi connectivity index (χ1v) is 6.80. The van der Waals surface area contributed by atoms with Crippen LogP contribution < -0.4 is 10.2 Å². The summed E-state index contributed by atoms with van der Waals surface area (Å²) in [4.78, 5) is 12.0. The highest BCUT2D eigenvalue weighted by Gasteiger charge is 2.14. The van der Waals surface area contributed by atoms with Crippen LogP contribution in [-0.2, 0) is 0 Å². The van der Waals surface area contributed by atoms with E-state index in [1.165, 1.54) is 7.11 Å². The molecule has 1 aromatic rings. The maximum atomic E-state index is 12.0. The molecule has 4 heteroatoms. The Morgan fingerprint density at radius 3 is 2.39 bits per heavy atom. The van der Waals surface area contributed by atoms with Crippen molar-refractivity contribution < 1.29 is 9.15 Å². The van der Waals surface area contributed by atoms with Gasteiger partial charge >= 0.3 is 0 Å². The van der Waals surface area contributed by atoms with Crippen molar-refractivity contribution in [1.29, 1.82) is 0 Å². The minimum Gasteiger partial charge on any atom is -0.468 e. The molecule has 1 heterocycles. The lowest BCUT2D eigenvalue weighted by Gasteiger charge is -2.09. The van der Waals surface area contributed by atoms with E-state index in [2.05, 4.69) is 22.6 Å². The molecule has 0 bridgehead atoms. The number of halogens is 1. The quantitative estimate of drug-likeness (QED) is 0.604. The van der Waals surface area contributed by atoms with Crippen LogP contribution in [0.2, 0.25) is 0 Å². The molecule has 0 spiro atoms. The summed E-state index contributed by atoms with van der Waals surface area (Å²) in [6, 6.07) is 0. The average Bonchev–Trinajstić information content (AvgIpc) is 2.36. The fraction of sp³-hybridized carbons (Fsp3) is 0.357. The van der Waals surface area contributed by atoms with Crippen molar-refractivity contribution in [2.24, 2.45) is 0 Å². The van der Waals surface area contributed by atoms with E-state index in [9.17, 15) is 4.79 Å². The summed E-state index contributed by atoms with van der Waals surface area (Å²) in [6.07, 6.45) is 1.98. The molecule has 0 aliphatic rings. The van der Waals surface area contributed by atoms with Crippen LogP contribution in [0.4, 0.5) is 0 Å². The van der Waals surface area contributed by atoms with Gasteiger partial charge in [0.05, 0.1) is 12.7 Å². The van der Waals surface area contributed by atoms with Gasteiger partial charge in [0, 0.05) is 5.56 Å². The van der Waals surface area contributed by atoms with Gasteiger partial charge in [0.25, 0.3) is 5.95 Å². The highest BCUT2D eigenvalue weighted by molar-refractivity contribution is 14.1. The lowest BCUT2D eigenvalue weighted by atomic mass is 10.1. The molecule has 0 unspecified atom stereocenters. The maximum absolute atomic E-state index is 12.0. The minimum absolute atomic E-state index is 0.0306. The van der Waals surface area contributed by atoms with Crippen molar-refractivity contribution in [2.75, 3.05) is 7.11 Å². The van der Waals surface area contributed by atoms with Crippen molar-refractivity contribution in [2.45, 2.75) is 27.7 Å². The predicted molar refractivity (Wildman–Crippen MR) is 82.4 cm³/mol. The molecule has 0 aliphatic heterocycles. The Morgan fingerprint density at radius 2 is 1.89 bits per heavy atom. The van der Waals surface area contributed by atoms with E-state index in [1.807, 2.05) is 24.0 Å². The van der Waals surface area contributed by atoms with Gasteiger partial charge in [-0.1, -0.05) is 28.7 Å². The molecule has 0 saturated heterocycles. The largest absolute Gasteiger partial charge is 0.468 e. The molecule has 0 N–H and O–H groups in total. The van der Waals surface area contributed by atoms with Crippen molar-refractivity contribution in [3.05, 3.63) is 42.8 Å². The summed E-state index contributed by atoms with van der Waals surface area (Å²) in [5.41, 5.74) is 3.11. The molecule has 0 saturated carbocycles. The molecule has 0 radical (unpaired) electrons. The van der Waals surface area contributed by atoms with Gasteiger partial charge in [-0.25, -0.2) is 0 Å². The van der Waals surface area contributed by atoms with E-state index in [-0.39, 0.29) is 11.4 Å². The molecule has 98 valence electrons. The molecule has 0 atom stereocenters. The Labute approximate surface area is 121 Å². The molecule has 0 fully saturated rings. The Bertz CT molecular complexity index is 565. The van der Waals surface area contributed by atoms with Gasteiger partial charge in [0.1, 0.15) is 5.76 Å². The van der Waals surface area contributed by atoms with Crippen LogP contribution >= 0.6 is 22.6 Å². The van der Waals surface area contributed by atoms with Crippen molar-refractivity contribution >= 4 is 28.2 Å². The summed E-state index contributed by atoms with van der Waals surface area (Å²) in [5, 5.41) is 0. The van der Waals surface area contributed by atoms with Crippen LogP contribution in [0.1, 0.15) is 30.7 Å². The van der Waals surface area contributed by atoms with Crippen molar-refractivity contribution in [3.8, 4) is 5.95 Å². The summed E-state index contributed by atoms with van der Waals surface area (Å²) < 4.78 is 12.7. The topological polar surface area (TPSA) is 39.4 Å². The van der Waals surface area contributed by atoms with E-state index >= 15 is 0 Å². The highest BCUT2D eigenvalue weighted by Crippen LogP contribution is 2.25. The molecule has 1 rings (SSSR count). The Balaban J connectivity index is 3.47. The number of rotatable bonds is 3. The number of hydrogen-bond acceptors (Lipinski definition) is 3. The van der Waals surface area contributed by atoms with E-state index in [1.54, 1.807) is 13.8 Å². The molecule has 0 aliphatic carbocycles. The standard InChI is InChI=1S/C14H17IO3/c1-8(7-15)6-9(2)13-10(3)12(16)11(4)14(17-5)18-13/h6-7H,1-5H3/b8-7+,9-6+. The molecule has 18 heavy (non-hydrogen) atoms. The Morgan fingerprint density at radius 1 is 1.28 bits per heavy atom. The summed E-state index contributed by atoms with van der Waals surface area (Å²) in [6.45, 7) is 7.39. The first-order chi connectivity index (χ1) is 8.42. The van der Waals surface area contributed by atoms with Gasteiger partial charge in [0.2, 0.25) is 0 Å². The van der Waals surface area contributed by atoms with E-state index in [4.69, 9.17) is 9.15 Å². The molecule has 0 aromatic carbocycles. The Hall–Kier alpha value is -1.04. The smallest absolute Gasteiger partial charge is 0.291 e. The van der Waals surface area contributed by atoms with Crippen molar-refractivity contribution in [1.82, 2.24) is 0 Å². The van der Waals surface area contributed by atoms with Crippen LogP contribution in [0.15, 0.2) is 24.9 Å². The summed E-state index contributed by atoms with van der Waals surface area (Å²) in [5.74, 6) is 0.865. The van der Waals surface area contributed by atoms with Crippen molar-refractivity contribution in [3.63, 3.8) is 0 Å². The predicted octanol–water partition coefficient (Wildman–Crippen LogP) is 4.01. The fourth-order valence-electron chi connectivity index (χ4n) is 1.73. The number of allylic oxidation sites excluding steroid dienone is 3. The fourth-order valence-corrected chi connectivity index (χ4v) is 1.91. The molecule has 1 aromatic heterocycles. The van der Waals surface area contributed by atoms with Crippen LogP contribution in [0.25, 0.3) is 5.57 Å². The average molecular weight is 360 g/mol. The second-order valence-electron chi connectivity index (χ2n) is 4.18. The van der Waals surface area contributed by atoms with Gasteiger partial charge in [-0.2, -0.15) is 0 Å².